The second-order valence-corrected chi connectivity index (χ2v) is 4.08. The molecule has 0 bridgehead atoms. The molecular weight excluding hydrogens is 287 g/mol. The number of rotatable bonds is 5. The number of nitrogens with one attached hydrogen (secondary N) is 1. The summed E-state index contributed by atoms with van der Waals surface area (Å²) >= 11 is 5.59. The van der Waals surface area contributed by atoms with Crippen molar-refractivity contribution < 1.29 is 13.9 Å². The summed E-state index contributed by atoms with van der Waals surface area (Å²) in [7, 11) is 0. The quantitative estimate of drug-likeness (QED) is 0.822. The fourth-order valence-electron chi connectivity index (χ4n) is 1.36. The Balaban J connectivity index is 2.06. The summed E-state index contributed by atoms with van der Waals surface area (Å²) in [6.07, 6.45) is 0.974. The van der Waals surface area contributed by atoms with Crippen LogP contribution in [0.15, 0.2) is 30.5 Å². The molecule has 2 rings (SSSR count). The van der Waals surface area contributed by atoms with E-state index in [9.17, 15) is 9.18 Å². The van der Waals surface area contributed by atoms with Gasteiger partial charge in [-0.3, -0.25) is 4.79 Å². The van der Waals surface area contributed by atoms with Crippen LogP contribution >= 0.6 is 11.6 Å². The normalized spacial score (nSPS) is 10.1. The van der Waals surface area contributed by atoms with E-state index in [0.717, 1.165) is 6.20 Å². The molecule has 3 N–H and O–H groups in total. The topological polar surface area (TPSA) is 90.1 Å². The van der Waals surface area contributed by atoms with Crippen LogP contribution in [-0.4, -0.2) is 22.5 Å². The van der Waals surface area contributed by atoms with Gasteiger partial charge < -0.3 is 15.8 Å². The minimum Gasteiger partial charge on any atom is -0.484 e. The van der Waals surface area contributed by atoms with Crippen LogP contribution in [0.1, 0.15) is 0 Å². The van der Waals surface area contributed by atoms with Crippen LogP contribution in [-0.2, 0) is 4.79 Å². The van der Waals surface area contributed by atoms with Gasteiger partial charge in [0.1, 0.15) is 5.75 Å². The first-order valence-electron chi connectivity index (χ1n) is 5.51. The molecule has 0 spiro atoms. The Morgan fingerprint density at radius 3 is 2.75 bits per heavy atom. The van der Waals surface area contributed by atoms with Crippen LogP contribution in [0.4, 0.5) is 15.9 Å². The van der Waals surface area contributed by atoms with Crippen molar-refractivity contribution in [3.63, 3.8) is 0 Å². The molecule has 0 aliphatic carbocycles. The van der Waals surface area contributed by atoms with E-state index in [1.165, 1.54) is 0 Å². The van der Waals surface area contributed by atoms with E-state index in [1.807, 2.05) is 0 Å². The van der Waals surface area contributed by atoms with Gasteiger partial charge in [0.15, 0.2) is 18.2 Å². The number of nitrogens with zero attached hydrogens (tertiary/aromatic N) is 2. The molecule has 0 aliphatic heterocycles. The van der Waals surface area contributed by atoms with Gasteiger partial charge in [-0.2, -0.15) is 4.98 Å². The molecule has 0 fully saturated rings. The number of primary amides is 1. The molecule has 1 aromatic carbocycles. The molecule has 0 saturated heterocycles. The summed E-state index contributed by atoms with van der Waals surface area (Å²) in [5.41, 5.74) is 5.53. The fourth-order valence-corrected chi connectivity index (χ4v) is 1.49. The van der Waals surface area contributed by atoms with E-state index in [0.29, 0.717) is 11.4 Å². The van der Waals surface area contributed by atoms with E-state index in [4.69, 9.17) is 22.1 Å². The summed E-state index contributed by atoms with van der Waals surface area (Å²) in [6, 6.07) is 6.47. The second-order valence-electron chi connectivity index (χ2n) is 3.74. The lowest BCUT2D eigenvalue weighted by Crippen LogP contribution is -2.19. The third-order valence-electron chi connectivity index (χ3n) is 2.21. The molecule has 1 aromatic heterocycles. The number of nitrogens with two attached hydrogens (primary N) is 1. The molecule has 1 heterocycles. The van der Waals surface area contributed by atoms with Crippen molar-refractivity contribution >= 4 is 29.0 Å². The van der Waals surface area contributed by atoms with Crippen molar-refractivity contribution in [3.05, 3.63) is 41.6 Å². The predicted molar refractivity (Wildman–Crippen MR) is 71.4 cm³/mol. The van der Waals surface area contributed by atoms with E-state index < -0.39 is 11.7 Å². The monoisotopic (exact) mass is 296 g/mol. The number of amides is 1. The first-order chi connectivity index (χ1) is 9.54. The van der Waals surface area contributed by atoms with Crippen molar-refractivity contribution in [3.8, 4) is 5.75 Å². The van der Waals surface area contributed by atoms with Crippen molar-refractivity contribution in [2.75, 3.05) is 11.9 Å². The first kappa shape index (κ1) is 14.0. The second kappa shape index (κ2) is 6.16. The SMILES string of the molecule is NC(=O)COc1ccc(Nc2nc(Cl)ncc2F)cc1. The van der Waals surface area contributed by atoms with Gasteiger partial charge in [-0.05, 0) is 35.9 Å². The van der Waals surface area contributed by atoms with Crippen LogP contribution < -0.4 is 15.8 Å². The fraction of sp³-hybridized carbons (Fsp3) is 0.0833. The van der Waals surface area contributed by atoms with Gasteiger partial charge in [0.05, 0.1) is 6.20 Å². The smallest absolute Gasteiger partial charge is 0.255 e. The van der Waals surface area contributed by atoms with Crippen molar-refractivity contribution in [1.29, 1.82) is 0 Å². The Hall–Kier alpha value is -2.41. The molecule has 2 aromatic rings. The van der Waals surface area contributed by atoms with Crippen LogP contribution in [0.3, 0.4) is 0 Å². The molecule has 0 radical (unpaired) electrons. The van der Waals surface area contributed by atoms with Gasteiger partial charge in [-0.25, -0.2) is 9.37 Å². The average molecular weight is 297 g/mol. The maximum absolute atomic E-state index is 13.4. The third kappa shape index (κ3) is 3.79. The van der Waals surface area contributed by atoms with Crippen molar-refractivity contribution in [2.45, 2.75) is 0 Å². The molecule has 0 atom stereocenters. The predicted octanol–water partition coefficient (Wildman–Crippen LogP) is 1.88. The molecular formula is C12H10ClFN4O2. The lowest BCUT2D eigenvalue weighted by Gasteiger charge is -2.08. The van der Waals surface area contributed by atoms with E-state index in [-0.39, 0.29) is 17.7 Å². The Morgan fingerprint density at radius 2 is 2.10 bits per heavy atom. The minimum atomic E-state index is -0.622. The number of aromatic nitrogens is 2. The molecule has 20 heavy (non-hydrogen) atoms. The molecule has 8 heteroatoms. The lowest BCUT2D eigenvalue weighted by molar-refractivity contribution is -0.119. The number of carbonyl (C=O) groups excluding carboxylic acids is 1. The Bertz CT molecular complexity index is 621. The van der Waals surface area contributed by atoms with Crippen LogP contribution in [0.2, 0.25) is 5.28 Å². The van der Waals surface area contributed by atoms with Gasteiger partial charge in [-0.1, -0.05) is 0 Å². The standard InChI is InChI=1S/C12H10ClFN4O2/c13-12-16-5-9(14)11(18-12)17-7-1-3-8(4-2-7)20-6-10(15)19/h1-5H,6H2,(H2,15,19)(H,16,17,18). The number of halogens is 2. The molecule has 6 nitrogen and oxygen atoms in total. The van der Waals surface area contributed by atoms with Gasteiger partial charge in [0.2, 0.25) is 5.28 Å². The average Bonchev–Trinajstić information content (AvgIpc) is 2.42. The van der Waals surface area contributed by atoms with Crippen molar-refractivity contribution in [1.82, 2.24) is 9.97 Å². The summed E-state index contributed by atoms with van der Waals surface area (Å²) in [5, 5.41) is 2.69. The van der Waals surface area contributed by atoms with Gasteiger partial charge >= 0.3 is 0 Å². The van der Waals surface area contributed by atoms with Crippen LogP contribution in [0.5, 0.6) is 5.75 Å². The lowest BCUT2D eigenvalue weighted by atomic mass is 10.3. The minimum absolute atomic E-state index is 0.0317. The highest BCUT2D eigenvalue weighted by Crippen LogP contribution is 2.21. The maximum Gasteiger partial charge on any atom is 0.255 e. The molecule has 1 amide bonds. The van der Waals surface area contributed by atoms with Crippen molar-refractivity contribution in [2.24, 2.45) is 5.73 Å². The van der Waals surface area contributed by atoms with Crippen LogP contribution in [0.25, 0.3) is 0 Å². The van der Waals surface area contributed by atoms with E-state index in [1.54, 1.807) is 24.3 Å². The van der Waals surface area contributed by atoms with Gasteiger partial charge in [0, 0.05) is 5.69 Å². The Kier molecular flexibility index (Phi) is 4.31. The molecule has 0 unspecified atom stereocenters. The summed E-state index contributed by atoms with van der Waals surface area (Å²) in [5.74, 6) is -0.750. The zero-order valence-electron chi connectivity index (χ0n) is 10.1. The van der Waals surface area contributed by atoms with Gasteiger partial charge in [0.25, 0.3) is 5.91 Å². The molecule has 0 aliphatic rings. The van der Waals surface area contributed by atoms with E-state index in [2.05, 4.69) is 15.3 Å². The number of hydrogen-bond donors (Lipinski definition) is 2. The van der Waals surface area contributed by atoms with Crippen LogP contribution in [0, 0.1) is 5.82 Å². The number of hydrogen-bond acceptors (Lipinski definition) is 5. The Morgan fingerprint density at radius 1 is 1.40 bits per heavy atom. The number of ether oxygens (including phenoxy) is 1. The Labute approximate surface area is 118 Å². The first-order valence-corrected chi connectivity index (χ1v) is 5.88. The van der Waals surface area contributed by atoms with Gasteiger partial charge in [-0.15, -0.1) is 0 Å². The summed E-state index contributed by atoms with van der Waals surface area (Å²) < 4.78 is 18.5. The van der Waals surface area contributed by atoms with E-state index >= 15 is 0 Å². The highest BCUT2D eigenvalue weighted by atomic mass is 35.5. The molecule has 0 saturated carbocycles. The number of carbonyl (C=O) groups is 1. The molecule has 104 valence electrons. The zero-order valence-corrected chi connectivity index (χ0v) is 10.9. The highest BCUT2D eigenvalue weighted by molar-refractivity contribution is 6.28. The maximum atomic E-state index is 13.4. The zero-order chi connectivity index (χ0) is 14.5. The third-order valence-corrected chi connectivity index (χ3v) is 2.39. The number of benzene rings is 1. The summed E-state index contributed by atoms with van der Waals surface area (Å²) in [6.45, 7) is -0.205. The largest absolute Gasteiger partial charge is 0.484 e. The summed E-state index contributed by atoms with van der Waals surface area (Å²) in [4.78, 5) is 17.8. The number of anilines is 2. The highest BCUT2D eigenvalue weighted by Gasteiger charge is 2.06.